The van der Waals surface area contributed by atoms with Crippen molar-refractivity contribution in [2.75, 3.05) is 0 Å². The Kier molecular flexibility index (Phi) is 6.85. The lowest BCUT2D eigenvalue weighted by Gasteiger charge is -2.15. The Hall–Kier alpha value is -1.61. The number of rotatable bonds is 10. The first-order chi connectivity index (χ1) is 11.2. The van der Waals surface area contributed by atoms with Crippen LogP contribution in [-0.4, -0.2) is 16.8 Å². The Morgan fingerprint density at radius 2 is 2.00 bits per heavy atom. The van der Waals surface area contributed by atoms with Gasteiger partial charge in [0.1, 0.15) is 5.78 Å². The van der Waals surface area contributed by atoms with Crippen LogP contribution in [0.15, 0.2) is 30.5 Å². The lowest BCUT2D eigenvalue weighted by molar-refractivity contribution is -0.120. The number of nitrogens with one attached hydrogen (secondary N) is 1. The van der Waals surface area contributed by atoms with Gasteiger partial charge in [-0.15, -0.1) is 0 Å². The number of para-hydroxylation sites is 1. The molecule has 0 bridgehead atoms. The molecular formula is C20H30N2O. The zero-order chi connectivity index (χ0) is 16.7. The largest absolute Gasteiger partial charge is 0.361 e. The highest BCUT2D eigenvalue weighted by atomic mass is 16.1. The lowest BCUT2D eigenvalue weighted by atomic mass is 9.91. The fourth-order valence-corrected chi connectivity index (χ4v) is 3.23. The van der Waals surface area contributed by atoms with Crippen LogP contribution in [0.5, 0.6) is 0 Å². The molecule has 0 spiro atoms. The minimum Gasteiger partial charge on any atom is -0.361 e. The molecule has 1 unspecified atom stereocenters. The van der Waals surface area contributed by atoms with Gasteiger partial charge in [-0.1, -0.05) is 57.7 Å². The normalized spacial score (nSPS) is 14.0. The van der Waals surface area contributed by atoms with E-state index in [1.54, 1.807) is 0 Å². The maximum Gasteiger partial charge on any atom is 0.149 e. The number of hydrogen-bond donors (Lipinski definition) is 2. The molecule has 1 aromatic heterocycles. The highest BCUT2D eigenvalue weighted by Crippen LogP contribution is 2.21. The van der Waals surface area contributed by atoms with Gasteiger partial charge in [-0.05, 0) is 30.4 Å². The van der Waals surface area contributed by atoms with Crippen LogP contribution >= 0.6 is 0 Å². The van der Waals surface area contributed by atoms with Gasteiger partial charge in [0.2, 0.25) is 0 Å². The minimum absolute atomic E-state index is 0.199. The SMILES string of the molecule is CCCCC(CC)CCC(=O)[C@H](N)Cc1c[nH]c2ccccc12. The van der Waals surface area contributed by atoms with E-state index in [4.69, 9.17) is 5.73 Å². The van der Waals surface area contributed by atoms with Crippen LogP contribution in [0.2, 0.25) is 0 Å². The molecule has 1 heterocycles. The molecule has 0 aliphatic carbocycles. The zero-order valence-corrected chi connectivity index (χ0v) is 14.5. The first-order valence-corrected chi connectivity index (χ1v) is 8.99. The summed E-state index contributed by atoms with van der Waals surface area (Å²) in [7, 11) is 0. The molecule has 0 fully saturated rings. The maximum absolute atomic E-state index is 12.4. The van der Waals surface area contributed by atoms with Gasteiger partial charge in [0.25, 0.3) is 0 Å². The van der Waals surface area contributed by atoms with E-state index in [0.717, 1.165) is 23.9 Å². The van der Waals surface area contributed by atoms with Crippen molar-refractivity contribution in [2.24, 2.45) is 11.7 Å². The average Bonchev–Trinajstić information content (AvgIpc) is 2.98. The predicted molar refractivity (Wildman–Crippen MR) is 97.5 cm³/mol. The molecule has 3 nitrogen and oxygen atoms in total. The van der Waals surface area contributed by atoms with Gasteiger partial charge < -0.3 is 10.7 Å². The third-order valence-electron chi connectivity index (χ3n) is 4.87. The number of ketones is 1. The predicted octanol–water partition coefficient (Wildman–Crippen LogP) is 4.60. The second-order valence-corrected chi connectivity index (χ2v) is 6.59. The van der Waals surface area contributed by atoms with Crippen molar-refractivity contribution in [1.29, 1.82) is 0 Å². The van der Waals surface area contributed by atoms with Crippen LogP contribution in [0.3, 0.4) is 0 Å². The Labute approximate surface area is 139 Å². The Balaban J connectivity index is 1.87. The molecule has 2 atom stereocenters. The van der Waals surface area contributed by atoms with Crippen molar-refractivity contribution >= 4 is 16.7 Å². The molecule has 0 amide bonds. The number of fused-ring (bicyclic) bond motifs is 1. The van der Waals surface area contributed by atoms with Crippen molar-refractivity contribution < 1.29 is 4.79 Å². The second kappa shape index (κ2) is 8.88. The van der Waals surface area contributed by atoms with Gasteiger partial charge >= 0.3 is 0 Å². The summed E-state index contributed by atoms with van der Waals surface area (Å²) in [6, 6.07) is 7.77. The first-order valence-electron chi connectivity index (χ1n) is 8.99. The highest BCUT2D eigenvalue weighted by molar-refractivity contribution is 5.87. The zero-order valence-electron chi connectivity index (χ0n) is 14.5. The molecule has 0 saturated heterocycles. The number of aromatic nitrogens is 1. The number of carbonyl (C=O) groups is 1. The van der Waals surface area contributed by atoms with E-state index in [-0.39, 0.29) is 5.78 Å². The van der Waals surface area contributed by atoms with Gasteiger partial charge in [0.05, 0.1) is 6.04 Å². The monoisotopic (exact) mass is 314 g/mol. The fourth-order valence-electron chi connectivity index (χ4n) is 3.23. The van der Waals surface area contributed by atoms with E-state index in [0.29, 0.717) is 18.8 Å². The van der Waals surface area contributed by atoms with Gasteiger partial charge in [-0.3, -0.25) is 4.79 Å². The Morgan fingerprint density at radius 1 is 1.22 bits per heavy atom. The van der Waals surface area contributed by atoms with Crippen LogP contribution in [0, 0.1) is 5.92 Å². The summed E-state index contributed by atoms with van der Waals surface area (Å²) in [6.07, 6.45) is 9.08. The van der Waals surface area contributed by atoms with E-state index in [2.05, 4.69) is 24.9 Å². The van der Waals surface area contributed by atoms with Crippen molar-refractivity contribution in [3.05, 3.63) is 36.0 Å². The second-order valence-electron chi connectivity index (χ2n) is 6.59. The number of H-pyrrole nitrogens is 1. The quantitative estimate of drug-likeness (QED) is 0.673. The van der Waals surface area contributed by atoms with E-state index in [9.17, 15) is 4.79 Å². The number of aromatic amines is 1. The summed E-state index contributed by atoms with van der Waals surface area (Å²) in [6.45, 7) is 4.44. The summed E-state index contributed by atoms with van der Waals surface area (Å²) in [5.74, 6) is 0.865. The lowest BCUT2D eigenvalue weighted by Crippen LogP contribution is -2.32. The standard InChI is InChI=1S/C20H30N2O/c1-3-5-8-15(4-2)11-12-20(23)18(21)13-16-14-22-19-10-7-6-9-17(16)19/h6-7,9-10,14-15,18,22H,3-5,8,11-13,21H2,1-2H3/t15?,18-/m1/s1. The number of nitrogens with two attached hydrogens (primary N) is 1. The molecule has 2 aromatic rings. The molecule has 126 valence electrons. The Bertz CT molecular complexity index is 617. The molecular weight excluding hydrogens is 284 g/mol. The van der Waals surface area contributed by atoms with Gasteiger partial charge in [-0.25, -0.2) is 0 Å². The maximum atomic E-state index is 12.4. The van der Waals surface area contributed by atoms with E-state index in [1.165, 1.54) is 24.6 Å². The van der Waals surface area contributed by atoms with Crippen LogP contribution in [0.25, 0.3) is 10.9 Å². The molecule has 0 saturated carbocycles. The van der Waals surface area contributed by atoms with Gasteiger partial charge in [-0.2, -0.15) is 0 Å². The van der Waals surface area contributed by atoms with Crippen LogP contribution in [0.1, 0.15) is 57.9 Å². The van der Waals surface area contributed by atoms with Gasteiger partial charge in [0, 0.05) is 23.5 Å². The summed E-state index contributed by atoms with van der Waals surface area (Å²) in [5, 5.41) is 1.17. The van der Waals surface area contributed by atoms with Crippen molar-refractivity contribution in [2.45, 2.75) is 64.8 Å². The van der Waals surface area contributed by atoms with Crippen molar-refractivity contribution in [3.63, 3.8) is 0 Å². The number of carbonyl (C=O) groups excluding carboxylic acids is 1. The molecule has 3 N–H and O–H groups in total. The third-order valence-corrected chi connectivity index (χ3v) is 4.87. The molecule has 0 aliphatic rings. The number of hydrogen-bond acceptors (Lipinski definition) is 2. The van der Waals surface area contributed by atoms with E-state index >= 15 is 0 Å². The van der Waals surface area contributed by atoms with E-state index < -0.39 is 6.04 Å². The van der Waals surface area contributed by atoms with Gasteiger partial charge in [0.15, 0.2) is 0 Å². The molecule has 23 heavy (non-hydrogen) atoms. The first kappa shape index (κ1) is 17.7. The molecule has 0 radical (unpaired) electrons. The fraction of sp³-hybridized carbons (Fsp3) is 0.550. The minimum atomic E-state index is -0.391. The summed E-state index contributed by atoms with van der Waals surface area (Å²) in [5.41, 5.74) is 8.41. The topological polar surface area (TPSA) is 58.9 Å². The van der Waals surface area contributed by atoms with E-state index in [1.807, 2.05) is 24.4 Å². The summed E-state index contributed by atoms with van der Waals surface area (Å²) in [4.78, 5) is 15.6. The third kappa shape index (κ3) is 4.93. The van der Waals surface area contributed by atoms with Crippen LogP contribution < -0.4 is 5.73 Å². The highest BCUT2D eigenvalue weighted by Gasteiger charge is 2.17. The van der Waals surface area contributed by atoms with Crippen molar-refractivity contribution in [3.8, 4) is 0 Å². The molecule has 3 heteroatoms. The average molecular weight is 314 g/mol. The van der Waals surface area contributed by atoms with Crippen molar-refractivity contribution in [1.82, 2.24) is 4.98 Å². The summed E-state index contributed by atoms with van der Waals surface area (Å²) < 4.78 is 0. The number of unbranched alkanes of at least 4 members (excludes halogenated alkanes) is 1. The summed E-state index contributed by atoms with van der Waals surface area (Å²) >= 11 is 0. The molecule has 2 rings (SSSR count). The number of Topliss-reactive ketones (excluding diaryl/α,β-unsaturated/α-hetero) is 1. The number of benzene rings is 1. The Morgan fingerprint density at radius 3 is 2.74 bits per heavy atom. The molecule has 1 aromatic carbocycles. The smallest absolute Gasteiger partial charge is 0.149 e. The molecule has 0 aliphatic heterocycles. The van der Waals surface area contributed by atoms with Crippen LogP contribution in [-0.2, 0) is 11.2 Å². The van der Waals surface area contributed by atoms with Crippen LogP contribution in [0.4, 0.5) is 0 Å².